The third-order valence-corrected chi connectivity index (χ3v) is 8.76. The highest BCUT2D eigenvalue weighted by Gasteiger charge is 2.37. The van der Waals surface area contributed by atoms with Crippen molar-refractivity contribution in [2.24, 2.45) is 11.8 Å². The summed E-state index contributed by atoms with van der Waals surface area (Å²) < 4.78 is 79.8. The third kappa shape index (κ3) is 7.55. The number of alkyl halides is 5. The normalized spacial score (nSPS) is 20.9. The molecule has 0 amide bonds. The Kier molecular flexibility index (Phi) is 9.78. The Labute approximate surface area is 234 Å². The van der Waals surface area contributed by atoms with E-state index in [9.17, 15) is 26.2 Å². The van der Waals surface area contributed by atoms with Crippen molar-refractivity contribution in [3.05, 3.63) is 53.1 Å². The lowest BCUT2D eigenvalue weighted by molar-refractivity contribution is -0.146. The van der Waals surface area contributed by atoms with Crippen molar-refractivity contribution in [1.29, 1.82) is 0 Å². The number of halogens is 5. The molecular formula is C30H34F5N3OS. The van der Waals surface area contributed by atoms with Crippen LogP contribution in [-0.4, -0.2) is 32.8 Å². The van der Waals surface area contributed by atoms with Gasteiger partial charge in [-0.05, 0) is 60.6 Å². The summed E-state index contributed by atoms with van der Waals surface area (Å²) in [6.45, 7) is 5.07. The highest BCUT2D eigenvalue weighted by atomic mass is 32.2. The molecule has 40 heavy (non-hydrogen) atoms. The molecule has 0 saturated heterocycles. The fourth-order valence-electron chi connectivity index (χ4n) is 5.03. The first-order chi connectivity index (χ1) is 19.0. The van der Waals surface area contributed by atoms with Gasteiger partial charge in [-0.2, -0.15) is 13.2 Å². The summed E-state index contributed by atoms with van der Waals surface area (Å²) in [6.07, 6.45) is 0.780. The van der Waals surface area contributed by atoms with Crippen LogP contribution in [0.1, 0.15) is 87.7 Å². The molecule has 1 aromatic carbocycles. The van der Waals surface area contributed by atoms with E-state index in [0.29, 0.717) is 30.1 Å². The number of rotatable bonds is 9. The van der Waals surface area contributed by atoms with Gasteiger partial charge in [0, 0.05) is 36.4 Å². The molecule has 1 N–H and O–H groups in total. The first-order valence-corrected chi connectivity index (χ1v) is 14.8. The molecule has 2 aromatic rings. The Morgan fingerprint density at radius 2 is 1.88 bits per heavy atom. The Morgan fingerprint density at radius 1 is 1.18 bits per heavy atom. The summed E-state index contributed by atoms with van der Waals surface area (Å²) in [4.78, 5) is 8.93. The molecule has 4 atom stereocenters. The van der Waals surface area contributed by atoms with Crippen molar-refractivity contribution in [3.63, 3.8) is 0 Å². The van der Waals surface area contributed by atoms with Gasteiger partial charge in [-0.3, -0.25) is 0 Å². The molecule has 10 heteroatoms. The maximum atomic E-state index is 13.2. The van der Waals surface area contributed by atoms with Crippen LogP contribution in [0.5, 0.6) is 0 Å². The van der Waals surface area contributed by atoms with Gasteiger partial charge in [0.2, 0.25) is 6.43 Å². The average Bonchev–Trinajstić information content (AvgIpc) is 3.73. The zero-order chi connectivity index (χ0) is 29.0. The Balaban J connectivity index is 1.78. The summed E-state index contributed by atoms with van der Waals surface area (Å²) in [7, 11) is -2.15. The van der Waals surface area contributed by atoms with Crippen LogP contribution in [0.4, 0.5) is 22.0 Å². The number of nitrogens with one attached hydrogen (secondary N) is 1. The van der Waals surface area contributed by atoms with Gasteiger partial charge in [0.1, 0.15) is 17.0 Å². The zero-order valence-corrected chi connectivity index (χ0v) is 23.6. The van der Waals surface area contributed by atoms with Crippen LogP contribution < -0.4 is 4.72 Å². The van der Waals surface area contributed by atoms with Gasteiger partial charge in [-0.15, -0.1) is 0 Å². The van der Waals surface area contributed by atoms with Gasteiger partial charge in [-0.1, -0.05) is 56.7 Å². The van der Waals surface area contributed by atoms with Crippen molar-refractivity contribution >= 4 is 22.1 Å². The van der Waals surface area contributed by atoms with Crippen LogP contribution in [0.15, 0.2) is 35.5 Å². The second-order valence-corrected chi connectivity index (χ2v) is 12.0. The number of hydrogen-bond donors (Lipinski definition) is 1. The fourth-order valence-corrected chi connectivity index (χ4v) is 5.92. The van der Waals surface area contributed by atoms with Gasteiger partial charge in [0.25, 0.3) is 0 Å². The minimum absolute atomic E-state index is 0.0348. The topological polar surface area (TPSA) is 54.9 Å². The minimum Gasteiger partial charge on any atom is -0.237 e. The highest BCUT2D eigenvalue weighted by molar-refractivity contribution is 7.83. The van der Waals surface area contributed by atoms with E-state index in [-0.39, 0.29) is 23.2 Å². The van der Waals surface area contributed by atoms with E-state index in [2.05, 4.69) is 28.7 Å². The Hall–Kier alpha value is -2.64. The molecule has 0 spiro atoms. The molecule has 0 bridgehead atoms. The van der Waals surface area contributed by atoms with E-state index in [1.165, 1.54) is 25.2 Å². The van der Waals surface area contributed by atoms with Crippen molar-refractivity contribution in [1.82, 2.24) is 14.7 Å². The lowest BCUT2D eigenvalue weighted by atomic mass is 9.80. The largest absolute Gasteiger partial charge is 0.404 e. The second-order valence-electron chi connectivity index (χ2n) is 10.7. The molecule has 1 aromatic heterocycles. The van der Waals surface area contributed by atoms with Crippen LogP contribution in [0.2, 0.25) is 0 Å². The Morgan fingerprint density at radius 3 is 2.48 bits per heavy atom. The maximum Gasteiger partial charge on any atom is 0.404 e. The van der Waals surface area contributed by atoms with E-state index >= 15 is 0 Å². The van der Waals surface area contributed by atoms with Crippen LogP contribution in [0.3, 0.4) is 0 Å². The van der Waals surface area contributed by atoms with Crippen LogP contribution >= 0.6 is 0 Å². The summed E-state index contributed by atoms with van der Waals surface area (Å²) in [5.74, 6) is 7.85. The summed E-state index contributed by atoms with van der Waals surface area (Å²) >= 11 is 0. The monoisotopic (exact) mass is 579 g/mol. The zero-order valence-electron chi connectivity index (χ0n) is 22.8. The smallest absolute Gasteiger partial charge is 0.237 e. The average molecular weight is 580 g/mol. The molecule has 0 aliphatic heterocycles. The predicted molar refractivity (Wildman–Crippen MR) is 147 cm³/mol. The van der Waals surface area contributed by atoms with Crippen LogP contribution in [-0.2, 0) is 17.4 Å². The third-order valence-electron chi connectivity index (χ3n) is 7.55. The summed E-state index contributed by atoms with van der Waals surface area (Å²) in [5.41, 5.74) is 4.01. The number of nitrogens with zero attached hydrogens (tertiary/aromatic N) is 2. The van der Waals surface area contributed by atoms with E-state index in [1.54, 1.807) is 6.07 Å². The highest BCUT2D eigenvalue weighted by Crippen LogP contribution is 2.48. The molecule has 1 saturated carbocycles. The molecule has 2 aliphatic rings. The number of unbranched alkanes of at least 4 members (excludes halogenated alkanes) is 1. The molecule has 0 radical (unpaired) electrons. The number of allylic oxidation sites excluding steroid dienone is 2. The molecule has 216 valence electrons. The van der Waals surface area contributed by atoms with Crippen molar-refractivity contribution in [2.45, 2.75) is 95.2 Å². The SMILES string of the molecule is CCCC#CC1=C(c2ncc(S(=O)NC(C)C(F)(F)F)cn2)CC(CC2CC2)C(C)c2cc(CC(F)F)ccc21. The number of aromatic nitrogens is 2. The van der Waals surface area contributed by atoms with E-state index < -0.39 is 29.6 Å². The van der Waals surface area contributed by atoms with E-state index in [4.69, 9.17) is 0 Å². The predicted octanol–water partition coefficient (Wildman–Crippen LogP) is 7.49. The summed E-state index contributed by atoms with van der Waals surface area (Å²) in [6, 6.07) is 3.51. The molecule has 4 nitrogen and oxygen atoms in total. The van der Waals surface area contributed by atoms with Gasteiger partial charge in [-0.25, -0.2) is 27.7 Å². The van der Waals surface area contributed by atoms with Gasteiger partial charge in [0.05, 0.1) is 4.90 Å². The van der Waals surface area contributed by atoms with E-state index in [1.807, 2.05) is 23.8 Å². The van der Waals surface area contributed by atoms with E-state index in [0.717, 1.165) is 42.0 Å². The molecule has 4 unspecified atom stereocenters. The molecule has 4 rings (SSSR count). The lowest BCUT2D eigenvalue weighted by Crippen LogP contribution is -2.40. The van der Waals surface area contributed by atoms with Crippen LogP contribution in [0, 0.1) is 23.7 Å². The molecule has 2 aliphatic carbocycles. The van der Waals surface area contributed by atoms with Crippen LogP contribution in [0.25, 0.3) is 11.1 Å². The number of benzene rings is 1. The quantitative estimate of drug-likeness (QED) is 0.248. The standard InChI is InChI=1S/C30H34F5N3OS/c1-4-5-6-7-24-25-11-10-21(14-28(31)32)13-26(25)18(2)22(12-20-8-9-20)15-27(24)29-36-16-23(17-37-29)40(39)38-19(3)30(33,34)35/h10-11,13,16-20,22,28,38H,4-5,8-9,12,14-15H2,1-3H3. The maximum absolute atomic E-state index is 13.2. The minimum atomic E-state index is -4.54. The summed E-state index contributed by atoms with van der Waals surface area (Å²) in [5, 5.41) is 0. The number of fused-ring (bicyclic) bond motifs is 1. The lowest BCUT2D eigenvalue weighted by Gasteiger charge is -2.24. The van der Waals surface area contributed by atoms with Crippen molar-refractivity contribution < 1.29 is 26.2 Å². The van der Waals surface area contributed by atoms with Crippen molar-refractivity contribution in [2.75, 3.05) is 0 Å². The molecule has 1 fully saturated rings. The fraction of sp³-hybridized carbons (Fsp3) is 0.533. The number of hydrogen-bond acceptors (Lipinski definition) is 3. The molecule has 1 heterocycles. The van der Waals surface area contributed by atoms with Crippen molar-refractivity contribution in [3.8, 4) is 11.8 Å². The molecular weight excluding hydrogens is 545 g/mol. The first kappa shape index (κ1) is 30.3. The van der Waals surface area contributed by atoms with Gasteiger partial charge < -0.3 is 0 Å². The second kappa shape index (κ2) is 12.9. The van der Waals surface area contributed by atoms with Gasteiger partial charge in [0.15, 0.2) is 5.82 Å². The Bertz CT molecular complexity index is 1310. The first-order valence-electron chi connectivity index (χ1n) is 13.7. The van der Waals surface area contributed by atoms with Gasteiger partial charge >= 0.3 is 6.18 Å².